The van der Waals surface area contributed by atoms with Gasteiger partial charge in [-0.2, -0.15) is 0 Å². The molecule has 1 aromatic carbocycles. The van der Waals surface area contributed by atoms with E-state index in [0.29, 0.717) is 0 Å². The van der Waals surface area contributed by atoms with Crippen LogP contribution < -0.4 is 5.32 Å². The minimum absolute atomic E-state index is 0.0503. The van der Waals surface area contributed by atoms with E-state index >= 15 is 0 Å². The molecule has 0 aliphatic carbocycles. The molecule has 0 radical (unpaired) electrons. The number of hydrogen-bond acceptors (Lipinski definition) is 3. The quantitative estimate of drug-likeness (QED) is 0.874. The zero-order valence-electron chi connectivity index (χ0n) is 11.1. The minimum atomic E-state index is 0.0503. The van der Waals surface area contributed by atoms with Crippen molar-refractivity contribution in [3.8, 4) is 0 Å². The predicted octanol–water partition coefficient (Wildman–Crippen LogP) is 3.35. The van der Waals surface area contributed by atoms with E-state index in [2.05, 4.69) is 79.5 Å². The fourth-order valence-electron chi connectivity index (χ4n) is 2.07. The molecular formula is C13H16Br2N4. The van der Waals surface area contributed by atoms with Crippen LogP contribution in [0.25, 0.3) is 0 Å². The topological polar surface area (TPSA) is 42.7 Å². The largest absolute Gasteiger partial charge is 0.305 e. The molecule has 2 aromatic rings. The molecule has 0 aliphatic rings. The van der Waals surface area contributed by atoms with Crippen LogP contribution >= 0.6 is 31.9 Å². The number of nitrogens with zero attached hydrogens (tertiary/aromatic N) is 3. The summed E-state index contributed by atoms with van der Waals surface area (Å²) < 4.78 is 3.66. The number of halogens is 2. The van der Waals surface area contributed by atoms with Crippen molar-refractivity contribution in [3.05, 3.63) is 44.1 Å². The maximum Gasteiger partial charge on any atom is 0.153 e. The molecule has 1 heterocycles. The van der Waals surface area contributed by atoms with Crippen LogP contribution in [0.5, 0.6) is 0 Å². The first-order valence-corrected chi connectivity index (χ1v) is 7.67. The Bertz CT molecular complexity index is 561. The number of rotatable bonds is 4. The first-order chi connectivity index (χ1) is 9.04. The molecule has 19 heavy (non-hydrogen) atoms. The second-order valence-electron chi connectivity index (χ2n) is 4.40. The van der Waals surface area contributed by atoms with Crippen molar-refractivity contribution in [2.45, 2.75) is 19.9 Å². The third-order valence-corrected chi connectivity index (χ3v) is 4.23. The Morgan fingerprint density at radius 3 is 2.63 bits per heavy atom. The molecule has 1 unspecified atom stereocenters. The predicted molar refractivity (Wildman–Crippen MR) is 83.1 cm³/mol. The van der Waals surface area contributed by atoms with Crippen LogP contribution in [-0.4, -0.2) is 21.5 Å². The molecule has 0 aliphatic heterocycles. The average molecular weight is 388 g/mol. The van der Waals surface area contributed by atoms with Crippen LogP contribution in [0.15, 0.2) is 27.3 Å². The van der Waals surface area contributed by atoms with Crippen LogP contribution in [0.2, 0.25) is 0 Å². The summed E-state index contributed by atoms with van der Waals surface area (Å²) in [7, 11) is 1.90. The fraction of sp³-hybridized carbons (Fsp3) is 0.385. The number of nitrogens with one attached hydrogen (secondary N) is 1. The first-order valence-electron chi connectivity index (χ1n) is 6.09. The number of aryl methyl sites for hydroxylation is 2. The lowest BCUT2D eigenvalue weighted by Crippen LogP contribution is -2.25. The van der Waals surface area contributed by atoms with Gasteiger partial charge in [-0.1, -0.05) is 40.2 Å². The summed E-state index contributed by atoms with van der Waals surface area (Å²) in [5, 5.41) is 11.6. The SMILES string of the molecule is CCNC(c1ccc(C)cc1Br)c1c(Br)nnn1C. The highest BCUT2D eigenvalue weighted by Gasteiger charge is 2.22. The summed E-state index contributed by atoms with van der Waals surface area (Å²) in [5.41, 5.74) is 3.43. The molecule has 1 atom stereocenters. The molecule has 4 nitrogen and oxygen atoms in total. The van der Waals surface area contributed by atoms with Crippen molar-refractivity contribution in [3.63, 3.8) is 0 Å². The smallest absolute Gasteiger partial charge is 0.153 e. The first kappa shape index (κ1) is 14.7. The van der Waals surface area contributed by atoms with E-state index in [1.807, 2.05) is 7.05 Å². The maximum absolute atomic E-state index is 4.07. The Morgan fingerprint density at radius 1 is 1.37 bits per heavy atom. The molecule has 0 saturated heterocycles. The maximum atomic E-state index is 4.07. The van der Waals surface area contributed by atoms with Gasteiger partial charge in [0.05, 0.1) is 11.7 Å². The van der Waals surface area contributed by atoms with Gasteiger partial charge in [0.15, 0.2) is 4.60 Å². The highest BCUT2D eigenvalue weighted by atomic mass is 79.9. The lowest BCUT2D eigenvalue weighted by atomic mass is 10.0. The van der Waals surface area contributed by atoms with Crippen LogP contribution in [-0.2, 0) is 7.05 Å². The molecule has 0 amide bonds. The molecule has 2 rings (SSSR count). The number of hydrogen-bond donors (Lipinski definition) is 1. The molecule has 0 spiro atoms. The zero-order valence-corrected chi connectivity index (χ0v) is 14.3. The van der Waals surface area contributed by atoms with E-state index in [0.717, 1.165) is 21.3 Å². The van der Waals surface area contributed by atoms with Gasteiger partial charge >= 0.3 is 0 Å². The summed E-state index contributed by atoms with van der Waals surface area (Å²) in [5.74, 6) is 0. The lowest BCUT2D eigenvalue weighted by molar-refractivity contribution is 0.565. The molecule has 0 saturated carbocycles. The van der Waals surface area contributed by atoms with Gasteiger partial charge in [-0.25, -0.2) is 4.68 Å². The van der Waals surface area contributed by atoms with E-state index in [-0.39, 0.29) is 6.04 Å². The van der Waals surface area contributed by atoms with Crippen LogP contribution in [0, 0.1) is 6.92 Å². The molecule has 6 heteroatoms. The number of aromatic nitrogens is 3. The molecule has 0 bridgehead atoms. The third-order valence-electron chi connectivity index (χ3n) is 2.98. The summed E-state index contributed by atoms with van der Waals surface area (Å²) in [6.45, 7) is 5.04. The minimum Gasteiger partial charge on any atom is -0.305 e. The zero-order chi connectivity index (χ0) is 14.0. The lowest BCUT2D eigenvalue weighted by Gasteiger charge is -2.20. The van der Waals surface area contributed by atoms with E-state index < -0.39 is 0 Å². The van der Waals surface area contributed by atoms with Crippen molar-refractivity contribution in [1.82, 2.24) is 20.3 Å². The van der Waals surface area contributed by atoms with E-state index in [1.54, 1.807) is 4.68 Å². The summed E-state index contributed by atoms with van der Waals surface area (Å²) in [6, 6.07) is 6.42. The van der Waals surface area contributed by atoms with E-state index in [1.165, 1.54) is 11.1 Å². The Morgan fingerprint density at radius 2 is 2.11 bits per heavy atom. The Kier molecular flexibility index (Phi) is 4.76. The average Bonchev–Trinajstić information content (AvgIpc) is 2.67. The number of benzene rings is 1. The van der Waals surface area contributed by atoms with E-state index in [9.17, 15) is 0 Å². The highest BCUT2D eigenvalue weighted by Crippen LogP contribution is 2.31. The van der Waals surface area contributed by atoms with Crippen LogP contribution in [0.1, 0.15) is 29.8 Å². The Balaban J connectivity index is 2.51. The second kappa shape index (κ2) is 6.15. The van der Waals surface area contributed by atoms with E-state index in [4.69, 9.17) is 0 Å². The Labute approximate surface area is 129 Å². The van der Waals surface area contributed by atoms with Crippen molar-refractivity contribution in [1.29, 1.82) is 0 Å². The molecule has 0 fully saturated rings. The van der Waals surface area contributed by atoms with Gasteiger partial charge in [-0.15, -0.1) is 5.10 Å². The van der Waals surface area contributed by atoms with Gasteiger partial charge in [-0.05, 0) is 46.6 Å². The summed E-state index contributed by atoms with van der Waals surface area (Å²) in [4.78, 5) is 0. The second-order valence-corrected chi connectivity index (χ2v) is 6.01. The van der Waals surface area contributed by atoms with Crippen LogP contribution in [0.4, 0.5) is 0 Å². The van der Waals surface area contributed by atoms with Gasteiger partial charge in [0.25, 0.3) is 0 Å². The van der Waals surface area contributed by atoms with Gasteiger partial charge in [0, 0.05) is 11.5 Å². The van der Waals surface area contributed by atoms with Gasteiger partial charge in [0.2, 0.25) is 0 Å². The Hall–Kier alpha value is -0.720. The van der Waals surface area contributed by atoms with Gasteiger partial charge in [-0.3, -0.25) is 0 Å². The fourth-order valence-corrected chi connectivity index (χ4v) is 3.35. The molecule has 1 aromatic heterocycles. The summed E-state index contributed by atoms with van der Waals surface area (Å²) >= 11 is 7.12. The normalized spacial score (nSPS) is 12.7. The highest BCUT2D eigenvalue weighted by molar-refractivity contribution is 9.10. The van der Waals surface area contributed by atoms with Gasteiger partial charge < -0.3 is 5.32 Å². The molecule has 102 valence electrons. The van der Waals surface area contributed by atoms with Crippen LogP contribution in [0.3, 0.4) is 0 Å². The summed E-state index contributed by atoms with van der Waals surface area (Å²) in [6.07, 6.45) is 0. The standard InChI is InChI=1S/C13H16Br2N4/c1-4-16-11(12-13(15)17-18-19(12)3)9-6-5-8(2)7-10(9)14/h5-7,11,16H,4H2,1-3H3. The van der Waals surface area contributed by atoms with Gasteiger partial charge in [0.1, 0.15) is 0 Å². The molecular weight excluding hydrogens is 372 g/mol. The van der Waals surface area contributed by atoms with Crippen molar-refractivity contribution in [2.75, 3.05) is 6.54 Å². The molecule has 1 N–H and O–H groups in total. The van der Waals surface area contributed by atoms with Crippen molar-refractivity contribution in [2.24, 2.45) is 7.05 Å². The monoisotopic (exact) mass is 386 g/mol. The third kappa shape index (κ3) is 3.07. The van der Waals surface area contributed by atoms with Crippen molar-refractivity contribution >= 4 is 31.9 Å². The van der Waals surface area contributed by atoms with Crippen molar-refractivity contribution < 1.29 is 0 Å².